The molecule has 4 nitrogen and oxygen atoms in total. The average molecular weight is 437 g/mol. The third-order valence-electron chi connectivity index (χ3n) is 4.44. The summed E-state index contributed by atoms with van der Waals surface area (Å²) < 4.78 is 13.2. The van der Waals surface area contributed by atoms with Crippen LogP contribution in [-0.4, -0.2) is 35.1 Å². The van der Waals surface area contributed by atoms with Crippen LogP contribution in [0.4, 0.5) is 4.39 Å². The number of rotatable bonds is 10. The maximum atomic E-state index is 13.2. The van der Waals surface area contributed by atoms with Gasteiger partial charge in [-0.3, -0.25) is 9.59 Å². The second kappa shape index (κ2) is 11.8. The van der Waals surface area contributed by atoms with Gasteiger partial charge in [0.05, 0.1) is 5.75 Å². The van der Waals surface area contributed by atoms with Gasteiger partial charge in [0.2, 0.25) is 11.8 Å². The number of hydrogen-bond donors (Lipinski definition) is 1. The Hall–Kier alpha value is -2.05. The van der Waals surface area contributed by atoms with E-state index in [0.29, 0.717) is 23.7 Å². The van der Waals surface area contributed by atoms with E-state index in [1.54, 1.807) is 17.0 Å². The van der Waals surface area contributed by atoms with Crippen molar-refractivity contribution in [1.82, 2.24) is 10.2 Å². The summed E-state index contributed by atoms with van der Waals surface area (Å²) in [7, 11) is 0. The number of nitrogens with one attached hydrogen (secondary N) is 1. The monoisotopic (exact) mass is 436 g/mol. The Balaban J connectivity index is 2.11. The van der Waals surface area contributed by atoms with E-state index < -0.39 is 6.04 Å². The Morgan fingerprint density at radius 1 is 1.14 bits per heavy atom. The summed E-state index contributed by atoms with van der Waals surface area (Å²) in [6.07, 6.45) is 0.494. The summed E-state index contributed by atoms with van der Waals surface area (Å²) in [6, 6.07) is 12.9. The van der Waals surface area contributed by atoms with Crippen LogP contribution in [0.15, 0.2) is 48.5 Å². The van der Waals surface area contributed by atoms with Crippen molar-refractivity contribution < 1.29 is 14.0 Å². The molecule has 0 radical (unpaired) electrons. The third kappa shape index (κ3) is 7.05. The van der Waals surface area contributed by atoms with E-state index in [4.69, 9.17) is 11.6 Å². The third-order valence-corrected chi connectivity index (χ3v) is 5.78. The lowest BCUT2D eigenvalue weighted by Crippen LogP contribution is -2.49. The molecule has 1 atom stereocenters. The first-order chi connectivity index (χ1) is 14.0. The normalized spacial score (nSPS) is 11.7. The molecular weight excluding hydrogens is 411 g/mol. The van der Waals surface area contributed by atoms with Crippen LogP contribution in [0.25, 0.3) is 0 Å². The topological polar surface area (TPSA) is 49.4 Å². The zero-order valence-corrected chi connectivity index (χ0v) is 18.2. The molecule has 0 bridgehead atoms. The molecule has 0 spiro atoms. The summed E-state index contributed by atoms with van der Waals surface area (Å²) in [6.45, 7) is 4.47. The minimum atomic E-state index is -0.576. The molecule has 0 aliphatic heterocycles. The first kappa shape index (κ1) is 23.2. The first-order valence-electron chi connectivity index (χ1n) is 9.59. The average Bonchev–Trinajstić information content (AvgIpc) is 2.71. The molecule has 0 aliphatic rings. The van der Waals surface area contributed by atoms with Crippen molar-refractivity contribution in [2.75, 3.05) is 12.3 Å². The fraction of sp³-hybridized carbons (Fsp3) is 0.364. The summed E-state index contributed by atoms with van der Waals surface area (Å²) >= 11 is 7.63. The highest BCUT2D eigenvalue weighted by molar-refractivity contribution is 7.99. The molecule has 1 N–H and O–H groups in total. The number of benzene rings is 2. The van der Waals surface area contributed by atoms with E-state index in [-0.39, 0.29) is 29.9 Å². The van der Waals surface area contributed by atoms with Crippen molar-refractivity contribution >= 4 is 35.2 Å². The number of carbonyl (C=O) groups excluding carboxylic acids is 2. The van der Waals surface area contributed by atoms with Crippen molar-refractivity contribution in [3.05, 3.63) is 70.5 Å². The Bertz CT molecular complexity index is 817. The van der Waals surface area contributed by atoms with Gasteiger partial charge in [0.25, 0.3) is 0 Å². The zero-order valence-electron chi connectivity index (χ0n) is 16.7. The van der Waals surface area contributed by atoms with Crippen LogP contribution in [0, 0.1) is 5.82 Å². The van der Waals surface area contributed by atoms with Crippen LogP contribution in [-0.2, 0) is 21.9 Å². The molecular formula is C22H26ClFN2O2S. The molecule has 7 heteroatoms. The molecule has 2 aromatic rings. The quantitative estimate of drug-likeness (QED) is 0.589. The number of amides is 2. The van der Waals surface area contributed by atoms with Crippen molar-refractivity contribution in [2.24, 2.45) is 0 Å². The highest BCUT2D eigenvalue weighted by Crippen LogP contribution is 2.22. The second-order valence-corrected chi connectivity index (χ2v) is 7.94. The Labute approximate surface area is 180 Å². The standard InChI is InChI=1S/C22H26ClFN2O2S/c1-3-20(22(28)25-4-2)26(13-16-9-11-18(24)12-10-16)21(27)15-29-14-17-7-5-6-8-19(17)23/h5-12,20H,3-4,13-15H2,1-2H3,(H,25,28)/t20-/m0/s1. The van der Waals surface area contributed by atoms with Gasteiger partial charge in [-0.05, 0) is 42.7 Å². The van der Waals surface area contributed by atoms with E-state index in [9.17, 15) is 14.0 Å². The van der Waals surface area contributed by atoms with Gasteiger partial charge >= 0.3 is 0 Å². The van der Waals surface area contributed by atoms with Gasteiger partial charge in [-0.1, -0.05) is 48.9 Å². The number of hydrogen-bond acceptors (Lipinski definition) is 3. The first-order valence-corrected chi connectivity index (χ1v) is 11.1. The van der Waals surface area contributed by atoms with Crippen LogP contribution in [0.5, 0.6) is 0 Å². The Morgan fingerprint density at radius 3 is 2.45 bits per heavy atom. The van der Waals surface area contributed by atoms with Gasteiger partial charge in [0.15, 0.2) is 0 Å². The zero-order chi connectivity index (χ0) is 21.2. The van der Waals surface area contributed by atoms with Gasteiger partial charge in [0.1, 0.15) is 11.9 Å². The second-order valence-electron chi connectivity index (χ2n) is 6.55. The highest BCUT2D eigenvalue weighted by atomic mass is 35.5. The van der Waals surface area contributed by atoms with E-state index in [2.05, 4.69) is 5.32 Å². The van der Waals surface area contributed by atoms with Crippen molar-refractivity contribution in [1.29, 1.82) is 0 Å². The molecule has 2 rings (SSSR count). The Kier molecular flexibility index (Phi) is 9.48. The molecule has 156 valence electrons. The molecule has 0 aromatic heterocycles. The molecule has 0 unspecified atom stereocenters. The predicted octanol–water partition coefficient (Wildman–Crippen LogP) is 4.66. The lowest BCUT2D eigenvalue weighted by molar-refractivity contribution is -0.139. The lowest BCUT2D eigenvalue weighted by atomic mass is 10.1. The van der Waals surface area contributed by atoms with Gasteiger partial charge in [-0.15, -0.1) is 11.8 Å². The maximum Gasteiger partial charge on any atom is 0.242 e. The number of nitrogens with zero attached hydrogens (tertiary/aromatic N) is 1. The van der Waals surface area contributed by atoms with Gasteiger partial charge in [0, 0.05) is 23.9 Å². The predicted molar refractivity (Wildman–Crippen MR) is 117 cm³/mol. The summed E-state index contributed by atoms with van der Waals surface area (Å²) in [4.78, 5) is 27.1. The summed E-state index contributed by atoms with van der Waals surface area (Å²) in [5.74, 6) is 0.180. The van der Waals surface area contributed by atoms with Crippen molar-refractivity contribution in [3.63, 3.8) is 0 Å². The summed E-state index contributed by atoms with van der Waals surface area (Å²) in [5.41, 5.74) is 1.74. The van der Waals surface area contributed by atoms with E-state index in [0.717, 1.165) is 11.1 Å². The molecule has 2 aromatic carbocycles. The SMILES string of the molecule is CCNC(=O)[C@H](CC)N(Cc1ccc(F)cc1)C(=O)CSCc1ccccc1Cl. The molecule has 29 heavy (non-hydrogen) atoms. The van der Waals surface area contributed by atoms with E-state index in [1.165, 1.54) is 23.9 Å². The molecule has 2 amide bonds. The van der Waals surface area contributed by atoms with Crippen LogP contribution < -0.4 is 5.32 Å². The van der Waals surface area contributed by atoms with Gasteiger partial charge in [-0.25, -0.2) is 4.39 Å². The molecule has 0 saturated carbocycles. The molecule has 0 heterocycles. The van der Waals surface area contributed by atoms with Crippen LogP contribution in [0.2, 0.25) is 5.02 Å². The van der Waals surface area contributed by atoms with Crippen LogP contribution in [0.3, 0.4) is 0 Å². The van der Waals surface area contributed by atoms with E-state index >= 15 is 0 Å². The smallest absolute Gasteiger partial charge is 0.242 e. The number of carbonyl (C=O) groups is 2. The van der Waals surface area contributed by atoms with Crippen molar-refractivity contribution in [2.45, 2.75) is 38.6 Å². The number of thioether (sulfide) groups is 1. The minimum Gasteiger partial charge on any atom is -0.355 e. The molecule has 0 aliphatic carbocycles. The number of likely N-dealkylation sites (N-methyl/N-ethyl adjacent to an activating group) is 1. The summed E-state index contributed by atoms with van der Waals surface area (Å²) in [5, 5.41) is 3.47. The van der Waals surface area contributed by atoms with Gasteiger partial charge in [-0.2, -0.15) is 0 Å². The highest BCUT2D eigenvalue weighted by Gasteiger charge is 2.28. The minimum absolute atomic E-state index is 0.135. The van der Waals surface area contributed by atoms with Crippen LogP contribution >= 0.6 is 23.4 Å². The largest absolute Gasteiger partial charge is 0.355 e. The Morgan fingerprint density at radius 2 is 1.83 bits per heavy atom. The van der Waals surface area contributed by atoms with Gasteiger partial charge < -0.3 is 10.2 Å². The van der Waals surface area contributed by atoms with Crippen LogP contribution in [0.1, 0.15) is 31.4 Å². The fourth-order valence-electron chi connectivity index (χ4n) is 2.94. The van der Waals surface area contributed by atoms with Crippen molar-refractivity contribution in [3.8, 4) is 0 Å². The molecule has 0 fully saturated rings. The number of halogens is 2. The maximum absolute atomic E-state index is 13.2. The van der Waals surface area contributed by atoms with E-state index in [1.807, 2.05) is 38.1 Å². The lowest BCUT2D eigenvalue weighted by Gasteiger charge is -2.30. The fourth-order valence-corrected chi connectivity index (χ4v) is 4.14. The molecule has 0 saturated heterocycles.